The molecule has 0 atom stereocenters. The summed E-state index contributed by atoms with van der Waals surface area (Å²) in [5.74, 6) is 0. The van der Waals surface area contributed by atoms with E-state index in [1.807, 2.05) is 0 Å². The molecule has 9 rings (SSSR count). The standard InChI is InChI=1S/C48H33N/c1-3-11-34(12-4-1)35-23-27-43(28-24-35)49(42-14-5-2-6-15-42)44-29-25-36(26-30-44)37-19-20-39-32-41(22-21-38(39)31-37)48-33-40-13-7-8-16-45(40)46-17-9-10-18-47(46)48/h1-33H. The molecule has 0 aliphatic heterocycles. The molecule has 1 heteroatoms. The highest BCUT2D eigenvalue weighted by molar-refractivity contribution is 6.14. The Hall–Kier alpha value is -6.44. The van der Waals surface area contributed by atoms with Crippen LogP contribution < -0.4 is 4.90 Å². The van der Waals surface area contributed by atoms with E-state index in [-0.39, 0.29) is 0 Å². The summed E-state index contributed by atoms with van der Waals surface area (Å²) in [6.45, 7) is 0. The Balaban J connectivity index is 1.04. The van der Waals surface area contributed by atoms with Gasteiger partial charge in [-0.2, -0.15) is 0 Å². The molecule has 0 amide bonds. The van der Waals surface area contributed by atoms with Crippen molar-refractivity contribution >= 4 is 49.4 Å². The fourth-order valence-corrected chi connectivity index (χ4v) is 7.15. The molecule has 0 aliphatic carbocycles. The van der Waals surface area contributed by atoms with Crippen molar-refractivity contribution in [3.63, 3.8) is 0 Å². The predicted octanol–water partition coefficient (Wildman–Crippen LogP) is 13.6. The average Bonchev–Trinajstić information content (AvgIpc) is 3.18. The summed E-state index contributed by atoms with van der Waals surface area (Å²) in [7, 11) is 0. The van der Waals surface area contributed by atoms with E-state index in [1.165, 1.54) is 65.7 Å². The van der Waals surface area contributed by atoms with Gasteiger partial charge in [-0.1, -0.05) is 146 Å². The fraction of sp³-hybridized carbons (Fsp3) is 0. The van der Waals surface area contributed by atoms with Gasteiger partial charge in [0.15, 0.2) is 0 Å². The first-order valence-electron chi connectivity index (χ1n) is 16.8. The first-order valence-corrected chi connectivity index (χ1v) is 16.8. The second-order valence-electron chi connectivity index (χ2n) is 12.6. The Labute approximate surface area is 287 Å². The molecular formula is C48H33N. The molecule has 0 saturated carbocycles. The molecular weight excluding hydrogens is 591 g/mol. The second kappa shape index (κ2) is 12.3. The lowest BCUT2D eigenvalue weighted by Crippen LogP contribution is -2.09. The fourth-order valence-electron chi connectivity index (χ4n) is 7.15. The zero-order valence-corrected chi connectivity index (χ0v) is 27.0. The van der Waals surface area contributed by atoms with Gasteiger partial charge >= 0.3 is 0 Å². The monoisotopic (exact) mass is 623 g/mol. The molecule has 230 valence electrons. The van der Waals surface area contributed by atoms with Gasteiger partial charge in [0.2, 0.25) is 0 Å². The number of benzene rings is 9. The summed E-state index contributed by atoms with van der Waals surface area (Å²) in [5.41, 5.74) is 10.7. The number of fused-ring (bicyclic) bond motifs is 4. The van der Waals surface area contributed by atoms with Crippen LogP contribution in [0.4, 0.5) is 17.1 Å². The zero-order valence-electron chi connectivity index (χ0n) is 27.0. The van der Waals surface area contributed by atoms with Crippen molar-refractivity contribution < 1.29 is 0 Å². The highest BCUT2D eigenvalue weighted by Crippen LogP contribution is 2.39. The van der Waals surface area contributed by atoms with Gasteiger partial charge in [-0.15, -0.1) is 0 Å². The summed E-state index contributed by atoms with van der Waals surface area (Å²) in [5, 5.41) is 7.62. The van der Waals surface area contributed by atoms with E-state index in [4.69, 9.17) is 0 Å². The Bertz CT molecular complexity index is 2570. The van der Waals surface area contributed by atoms with Crippen LogP contribution in [0.15, 0.2) is 200 Å². The molecule has 0 radical (unpaired) electrons. The number of nitrogens with zero attached hydrogens (tertiary/aromatic N) is 1. The van der Waals surface area contributed by atoms with Crippen LogP contribution in [0.3, 0.4) is 0 Å². The number of hydrogen-bond acceptors (Lipinski definition) is 1. The third-order valence-electron chi connectivity index (χ3n) is 9.63. The molecule has 0 fully saturated rings. The number of rotatable bonds is 6. The van der Waals surface area contributed by atoms with Gasteiger partial charge in [0.1, 0.15) is 0 Å². The number of hydrogen-bond donors (Lipinski definition) is 0. The maximum absolute atomic E-state index is 2.34. The highest BCUT2D eigenvalue weighted by Gasteiger charge is 2.14. The Morgan fingerprint density at radius 2 is 0.694 bits per heavy atom. The molecule has 0 bridgehead atoms. The SMILES string of the molecule is c1ccc(-c2ccc(N(c3ccccc3)c3ccc(-c4ccc5cc(-c6cc7ccccc7c7ccccc67)ccc5c4)cc3)cc2)cc1. The minimum atomic E-state index is 1.12. The molecule has 0 N–H and O–H groups in total. The maximum Gasteiger partial charge on any atom is 0.0462 e. The van der Waals surface area contributed by atoms with Gasteiger partial charge in [0.05, 0.1) is 0 Å². The lowest BCUT2D eigenvalue weighted by molar-refractivity contribution is 1.28. The lowest BCUT2D eigenvalue weighted by atomic mass is 9.92. The van der Waals surface area contributed by atoms with Gasteiger partial charge in [0.25, 0.3) is 0 Å². The Kier molecular flexibility index (Phi) is 7.22. The van der Waals surface area contributed by atoms with E-state index < -0.39 is 0 Å². The van der Waals surface area contributed by atoms with Crippen molar-refractivity contribution in [1.82, 2.24) is 0 Å². The highest BCUT2D eigenvalue weighted by atomic mass is 15.1. The van der Waals surface area contributed by atoms with Crippen LogP contribution in [0.5, 0.6) is 0 Å². The topological polar surface area (TPSA) is 3.24 Å². The molecule has 0 saturated heterocycles. The summed E-state index contributed by atoms with van der Waals surface area (Å²) in [6, 6.07) is 72.3. The first kappa shape index (κ1) is 28.8. The summed E-state index contributed by atoms with van der Waals surface area (Å²) in [4.78, 5) is 2.32. The molecule has 49 heavy (non-hydrogen) atoms. The molecule has 0 aromatic heterocycles. The van der Waals surface area contributed by atoms with E-state index in [2.05, 4.69) is 205 Å². The van der Waals surface area contributed by atoms with Crippen molar-refractivity contribution in [2.24, 2.45) is 0 Å². The summed E-state index contributed by atoms with van der Waals surface area (Å²) < 4.78 is 0. The normalized spacial score (nSPS) is 11.3. The van der Waals surface area contributed by atoms with Crippen LogP contribution in [0.25, 0.3) is 65.7 Å². The first-order chi connectivity index (χ1) is 24.3. The van der Waals surface area contributed by atoms with Gasteiger partial charge in [-0.3, -0.25) is 0 Å². The van der Waals surface area contributed by atoms with Crippen molar-refractivity contribution in [3.05, 3.63) is 200 Å². The van der Waals surface area contributed by atoms with Crippen molar-refractivity contribution in [2.75, 3.05) is 4.90 Å². The number of para-hydroxylation sites is 1. The van der Waals surface area contributed by atoms with E-state index in [9.17, 15) is 0 Å². The molecule has 0 aliphatic rings. The molecule has 0 unspecified atom stereocenters. The molecule has 0 spiro atoms. The smallest absolute Gasteiger partial charge is 0.0462 e. The van der Waals surface area contributed by atoms with E-state index >= 15 is 0 Å². The molecule has 9 aromatic rings. The quantitative estimate of drug-likeness (QED) is 0.167. The minimum Gasteiger partial charge on any atom is -0.311 e. The largest absolute Gasteiger partial charge is 0.311 e. The maximum atomic E-state index is 2.34. The van der Waals surface area contributed by atoms with Crippen LogP contribution in [-0.2, 0) is 0 Å². The third kappa shape index (κ3) is 5.42. The van der Waals surface area contributed by atoms with E-state index in [1.54, 1.807) is 0 Å². The zero-order chi connectivity index (χ0) is 32.6. The van der Waals surface area contributed by atoms with E-state index in [0.717, 1.165) is 17.1 Å². The van der Waals surface area contributed by atoms with E-state index in [0.29, 0.717) is 0 Å². The molecule has 0 heterocycles. The Morgan fingerprint density at radius 3 is 1.37 bits per heavy atom. The van der Waals surface area contributed by atoms with Gasteiger partial charge in [-0.05, 0) is 120 Å². The second-order valence-corrected chi connectivity index (χ2v) is 12.6. The molecule has 1 nitrogen and oxygen atoms in total. The lowest BCUT2D eigenvalue weighted by Gasteiger charge is -2.26. The average molecular weight is 624 g/mol. The van der Waals surface area contributed by atoms with Crippen LogP contribution in [0.1, 0.15) is 0 Å². The predicted molar refractivity (Wildman–Crippen MR) is 210 cm³/mol. The van der Waals surface area contributed by atoms with Crippen molar-refractivity contribution in [3.8, 4) is 33.4 Å². The van der Waals surface area contributed by atoms with Crippen LogP contribution in [-0.4, -0.2) is 0 Å². The van der Waals surface area contributed by atoms with Crippen molar-refractivity contribution in [2.45, 2.75) is 0 Å². The van der Waals surface area contributed by atoms with Crippen LogP contribution in [0.2, 0.25) is 0 Å². The van der Waals surface area contributed by atoms with Gasteiger partial charge in [-0.25, -0.2) is 0 Å². The Morgan fingerprint density at radius 1 is 0.245 bits per heavy atom. The minimum absolute atomic E-state index is 1.12. The summed E-state index contributed by atoms with van der Waals surface area (Å²) in [6.07, 6.45) is 0. The summed E-state index contributed by atoms with van der Waals surface area (Å²) >= 11 is 0. The molecule has 9 aromatic carbocycles. The van der Waals surface area contributed by atoms with Crippen LogP contribution in [0, 0.1) is 0 Å². The van der Waals surface area contributed by atoms with Gasteiger partial charge in [0, 0.05) is 17.1 Å². The number of anilines is 3. The van der Waals surface area contributed by atoms with Crippen LogP contribution >= 0.6 is 0 Å². The van der Waals surface area contributed by atoms with Gasteiger partial charge < -0.3 is 4.90 Å². The van der Waals surface area contributed by atoms with Crippen molar-refractivity contribution in [1.29, 1.82) is 0 Å². The third-order valence-corrected chi connectivity index (χ3v) is 9.63.